The van der Waals surface area contributed by atoms with Crippen LogP contribution in [0.5, 0.6) is 0 Å². The first kappa shape index (κ1) is 15.9. The zero-order chi connectivity index (χ0) is 14.5. The number of rotatable bonds is 5. The van der Waals surface area contributed by atoms with E-state index in [0.29, 0.717) is 19.8 Å². The number of aliphatic carboxylic acids is 1. The fourth-order valence-corrected chi connectivity index (χ4v) is 2.14. The van der Waals surface area contributed by atoms with Crippen LogP contribution >= 0.6 is 0 Å². The molecule has 0 radical (unpaired) electrons. The Morgan fingerprint density at radius 1 is 1.32 bits per heavy atom. The van der Waals surface area contributed by atoms with Crippen LogP contribution in [0.4, 0.5) is 0 Å². The summed E-state index contributed by atoms with van der Waals surface area (Å²) in [6, 6.07) is 0. The van der Waals surface area contributed by atoms with Gasteiger partial charge >= 0.3 is 5.97 Å². The number of carboxylic acids is 1. The normalized spacial score (nSPS) is 18.9. The van der Waals surface area contributed by atoms with Gasteiger partial charge in [0.05, 0.1) is 13.2 Å². The second-order valence-electron chi connectivity index (χ2n) is 5.88. The average molecular weight is 272 g/mol. The molecular formula is C13H24N2O4. The molecule has 0 saturated carbocycles. The molecule has 1 aliphatic rings. The molecule has 6 heteroatoms. The van der Waals surface area contributed by atoms with Crippen LogP contribution in [0.2, 0.25) is 0 Å². The molecule has 1 saturated heterocycles. The number of carbonyl (C=O) groups is 2. The minimum absolute atomic E-state index is 0.409. The fraction of sp³-hybridized carbons (Fsp3) is 0.846. The minimum atomic E-state index is -1.07. The molecule has 1 rings (SSSR count). The topological polar surface area (TPSA) is 78.9 Å². The lowest BCUT2D eigenvalue weighted by molar-refractivity contribution is -0.151. The Morgan fingerprint density at radius 3 is 2.37 bits per heavy atom. The van der Waals surface area contributed by atoms with Crippen LogP contribution in [0.15, 0.2) is 0 Å². The van der Waals surface area contributed by atoms with Crippen molar-refractivity contribution in [1.29, 1.82) is 0 Å². The number of nitrogens with one attached hydrogen (secondary N) is 1. The van der Waals surface area contributed by atoms with Crippen molar-refractivity contribution in [2.24, 2.45) is 11.3 Å². The van der Waals surface area contributed by atoms with Gasteiger partial charge in [0.1, 0.15) is 5.92 Å². The number of carbonyl (C=O) groups excluding carboxylic acids is 1. The third-order valence-corrected chi connectivity index (χ3v) is 3.21. The maximum Gasteiger partial charge on any atom is 0.316 e. The molecule has 6 nitrogen and oxygen atoms in total. The molecule has 19 heavy (non-hydrogen) atoms. The van der Waals surface area contributed by atoms with E-state index in [4.69, 9.17) is 9.84 Å². The van der Waals surface area contributed by atoms with Crippen molar-refractivity contribution in [2.45, 2.75) is 20.8 Å². The molecule has 1 unspecified atom stereocenters. The number of ether oxygens (including phenoxy) is 1. The highest BCUT2D eigenvalue weighted by Crippen LogP contribution is 2.26. The van der Waals surface area contributed by atoms with Gasteiger partial charge in [-0.15, -0.1) is 0 Å². The van der Waals surface area contributed by atoms with Gasteiger partial charge in [-0.2, -0.15) is 0 Å². The standard InChI is InChI=1S/C13H24N2O4/c1-13(2,3)10(12(17)18)11(16)14-4-5-15-6-8-19-9-7-15/h10H,4-9H2,1-3H3,(H,14,16)(H,17,18). The Kier molecular flexibility index (Phi) is 5.75. The number of nitrogens with zero attached hydrogens (tertiary/aromatic N) is 1. The summed E-state index contributed by atoms with van der Waals surface area (Å²) in [4.78, 5) is 25.3. The van der Waals surface area contributed by atoms with E-state index in [1.165, 1.54) is 0 Å². The first-order valence-electron chi connectivity index (χ1n) is 6.63. The van der Waals surface area contributed by atoms with Crippen LogP contribution in [0, 0.1) is 11.3 Å². The Bertz CT molecular complexity index is 319. The van der Waals surface area contributed by atoms with Gasteiger partial charge in [-0.05, 0) is 5.41 Å². The van der Waals surface area contributed by atoms with Gasteiger partial charge in [-0.3, -0.25) is 14.5 Å². The molecule has 110 valence electrons. The van der Waals surface area contributed by atoms with Crippen molar-refractivity contribution in [3.8, 4) is 0 Å². The second-order valence-corrected chi connectivity index (χ2v) is 5.88. The van der Waals surface area contributed by atoms with E-state index >= 15 is 0 Å². The largest absolute Gasteiger partial charge is 0.481 e. The third kappa shape index (κ3) is 5.16. The maximum absolute atomic E-state index is 11.9. The molecule has 0 aromatic carbocycles. The molecule has 1 amide bonds. The highest BCUT2D eigenvalue weighted by Gasteiger charge is 2.37. The molecule has 1 heterocycles. The van der Waals surface area contributed by atoms with Crippen LogP contribution < -0.4 is 5.32 Å². The SMILES string of the molecule is CC(C)(C)C(C(=O)O)C(=O)NCCN1CCOCC1. The van der Waals surface area contributed by atoms with Crippen LogP contribution in [-0.2, 0) is 14.3 Å². The van der Waals surface area contributed by atoms with Gasteiger partial charge in [0.2, 0.25) is 5.91 Å². The van der Waals surface area contributed by atoms with E-state index in [1.54, 1.807) is 20.8 Å². The van der Waals surface area contributed by atoms with E-state index in [-0.39, 0.29) is 0 Å². The molecule has 0 bridgehead atoms. The van der Waals surface area contributed by atoms with Crippen molar-refractivity contribution >= 4 is 11.9 Å². The van der Waals surface area contributed by atoms with E-state index < -0.39 is 23.2 Å². The second kappa shape index (κ2) is 6.86. The predicted octanol–water partition coefficient (Wildman–Crippen LogP) is 0.182. The van der Waals surface area contributed by atoms with Gasteiger partial charge < -0.3 is 15.2 Å². The molecular weight excluding hydrogens is 248 g/mol. The average Bonchev–Trinajstić information content (AvgIpc) is 2.27. The minimum Gasteiger partial charge on any atom is -0.481 e. The summed E-state index contributed by atoms with van der Waals surface area (Å²) in [7, 11) is 0. The number of amides is 1. The Hall–Kier alpha value is -1.14. The predicted molar refractivity (Wildman–Crippen MR) is 70.8 cm³/mol. The van der Waals surface area contributed by atoms with E-state index in [0.717, 1.165) is 19.6 Å². The van der Waals surface area contributed by atoms with Crippen LogP contribution in [0.25, 0.3) is 0 Å². The van der Waals surface area contributed by atoms with E-state index in [2.05, 4.69) is 10.2 Å². The van der Waals surface area contributed by atoms with Gasteiger partial charge in [-0.25, -0.2) is 0 Å². The summed E-state index contributed by atoms with van der Waals surface area (Å²) in [5, 5.41) is 11.9. The molecule has 2 N–H and O–H groups in total. The highest BCUT2D eigenvalue weighted by atomic mass is 16.5. The molecule has 0 aromatic heterocycles. The van der Waals surface area contributed by atoms with Crippen molar-refractivity contribution in [3.05, 3.63) is 0 Å². The molecule has 0 spiro atoms. The number of morpholine rings is 1. The Balaban J connectivity index is 2.38. The lowest BCUT2D eigenvalue weighted by Crippen LogP contribution is -2.46. The third-order valence-electron chi connectivity index (χ3n) is 3.21. The number of hydrogen-bond donors (Lipinski definition) is 2. The first-order valence-corrected chi connectivity index (χ1v) is 6.63. The van der Waals surface area contributed by atoms with Crippen LogP contribution in [0.1, 0.15) is 20.8 Å². The zero-order valence-corrected chi connectivity index (χ0v) is 11.9. The molecule has 0 aromatic rings. The monoisotopic (exact) mass is 272 g/mol. The smallest absolute Gasteiger partial charge is 0.316 e. The summed E-state index contributed by atoms with van der Waals surface area (Å²) in [6.07, 6.45) is 0. The van der Waals surface area contributed by atoms with Crippen molar-refractivity contribution < 1.29 is 19.4 Å². The van der Waals surface area contributed by atoms with Crippen molar-refractivity contribution in [3.63, 3.8) is 0 Å². The molecule has 1 aliphatic heterocycles. The molecule has 0 aliphatic carbocycles. The first-order chi connectivity index (χ1) is 8.82. The van der Waals surface area contributed by atoms with E-state index in [9.17, 15) is 9.59 Å². The molecule has 1 fully saturated rings. The van der Waals surface area contributed by atoms with E-state index in [1.807, 2.05) is 0 Å². The van der Waals surface area contributed by atoms with Gasteiger partial charge in [0.25, 0.3) is 0 Å². The van der Waals surface area contributed by atoms with Gasteiger partial charge in [-0.1, -0.05) is 20.8 Å². The van der Waals surface area contributed by atoms with Gasteiger partial charge in [0.15, 0.2) is 0 Å². The lowest BCUT2D eigenvalue weighted by Gasteiger charge is -2.28. The fourth-order valence-electron chi connectivity index (χ4n) is 2.14. The zero-order valence-electron chi connectivity index (χ0n) is 11.9. The molecule has 1 atom stereocenters. The summed E-state index contributed by atoms with van der Waals surface area (Å²) >= 11 is 0. The highest BCUT2D eigenvalue weighted by molar-refractivity contribution is 5.97. The van der Waals surface area contributed by atoms with Crippen LogP contribution in [-0.4, -0.2) is 61.3 Å². The summed E-state index contributed by atoms with van der Waals surface area (Å²) in [6.45, 7) is 9.62. The number of hydrogen-bond acceptors (Lipinski definition) is 4. The van der Waals surface area contributed by atoms with Crippen molar-refractivity contribution in [1.82, 2.24) is 10.2 Å². The van der Waals surface area contributed by atoms with Crippen LogP contribution in [0.3, 0.4) is 0 Å². The summed E-state index contributed by atoms with van der Waals surface area (Å²) < 4.78 is 5.23. The summed E-state index contributed by atoms with van der Waals surface area (Å²) in [5.74, 6) is -2.50. The summed E-state index contributed by atoms with van der Waals surface area (Å²) in [5.41, 5.74) is -0.588. The van der Waals surface area contributed by atoms with Crippen molar-refractivity contribution in [2.75, 3.05) is 39.4 Å². The Labute approximate surface area is 114 Å². The maximum atomic E-state index is 11.9. The lowest BCUT2D eigenvalue weighted by atomic mass is 9.80. The Morgan fingerprint density at radius 2 is 1.89 bits per heavy atom. The number of carboxylic acid groups (broad SMARTS) is 1. The quantitative estimate of drug-likeness (QED) is 0.698. The van der Waals surface area contributed by atoms with Gasteiger partial charge in [0, 0.05) is 26.2 Å².